The van der Waals surface area contributed by atoms with Crippen LogP contribution in [0.5, 0.6) is 0 Å². The van der Waals surface area contributed by atoms with Crippen molar-refractivity contribution >= 4 is 6.21 Å². The van der Waals surface area contributed by atoms with E-state index in [1.54, 1.807) is 0 Å². The van der Waals surface area contributed by atoms with Crippen molar-refractivity contribution in [3.05, 3.63) is 0 Å². The van der Waals surface area contributed by atoms with Crippen LogP contribution in [-0.2, 0) is 0 Å². The summed E-state index contributed by atoms with van der Waals surface area (Å²) in [4.78, 5) is 0. The van der Waals surface area contributed by atoms with Crippen LogP contribution in [-0.4, -0.2) is 25.3 Å². The Kier molecular flexibility index (Phi) is 1.16. The maximum atomic E-state index is 4.09. The van der Waals surface area contributed by atoms with E-state index in [9.17, 15) is 0 Å². The molecule has 2 unspecified atom stereocenters. The summed E-state index contributed by atoms with van der Waals surface area (Å²) in [5, 5.41) is 7.19. The van der Waals surface area contributed by atoms with Gasteiger partial charge in [0.2, 0.25) is 0 Å². The summed E-state index contributed by atoms with van der Waals surface area (Å²) in [7, 11) is 0. The molecule has 2 atom stereocenters. The number of nitrogens with one attached hydrogen (secondary N) is 1. The first-order chi connectivity index (χ1) is 4.47. The molecule has 2 rings (SSSR count). The Hall–Kier alpha value is -0.570. The quantitative estimate of drug-likeness (QED) is 0.467. The van der Waals surface area contributed by atoms with Crippen LogP contribution in [0.4, 0.5) is 0 Å². The number of hydrogen-bond donors (Lipinski definition) is 1. The Morgan fingerprint density at radius 1 is 1.56 bits per heavy atom. The van der Waals surface area contributed by atoms with Crippen molar-refractivity contribution in [2.24, 2.45) is 11.0 Å². The van der Waals surface area contributed by atoms with Crippen LogP contribution in [0.15, 0.2) is 5.10 Å². The van der Waals surface area contributed by atoms with Crippen LogP contribution in [0.2, 0.25) is 0 Å². The van der Waals surface area contributed by atoms with E-state index in [1.807, 2.05) is 6.21 Å². The molecule has 1 N–H and O–H groups in total. The minimum absolute atomic E-state index is 0.506. The van der Waals surface area contributed by atoms with E-state index < -0.39 is 0 Å². The fraction of sp³-hybridized carbons (Fsp3) is 0.833. The van der Waals surface area contributed by atoms with Crippen molar-refractivity contribution in [3.63, 3.8) is 0 Å². The van der Waals surface area contributed by atoms with Crippen molar-refractivity contribution in [2.75, 3.05) is 13.1 Å². The van der Waals surface area contributed by atoms with E-state index in [0.29, 0.717) is 12.0 Å². The zero-order valence-electron chi connectivity index (χ0n) is 5.25. The second-order valence-corrected chi connectivity index (χ2v) is 2.60. The molecule has 3 heteroatoms. The maximum absolute atomic E-state index is 4.09. The third-order valence-corrected chi connectivity index (χ3v) is 1.96. The van der Waals surface area contributed by atoms with Crippen molar-refractivity contribution < 1.29 is 0 Å². The molecule has 0 aromatic rings. The number of nitrogens with zero attached hydrogens (tertiary/aromatic N) is 2. The third kappa shape index (κ3) is 0.812. The van der Waals surface area contributed by atoms with Crippen LogP contribution in [0.1, 0.15) is 6.42 Å². The van der Waals surface area contributed by atoms with E-state index in [1.165, 1.54) is 0 Å². The van der Waals surface area contributed by atoms with E-state index >= 15 is 0 Å². The Morgan fingerprint density at radius 2 is 2.56 bits per heavy atom. The van der Waals surface area contributed by atoms with Gasteiger partial charge in [-0.25, -0.2) is 0 Å². The summed E-state index contributed by atoms with van der Waals surface area (Å²) in [6.45, 7) is 2.17. The number of rotatable bonds is 0. The fourth-order valence-corrected chi connectivity index (χ4v) is 1.37. The van der Waals surface area contributed by atoms with Crippen LogP contribution in [0.25, 0.3) is 0 Å². The van der Waals surface area contributed by atoms with Crippen molar-refractivity contribution in [1.29, 1.82) is 0 Å². The van der Waals surface area contributed by atoms with Gasteiger partial charge in [-0.3, -0.25) is 0 Å². The second kappa shape index (κ2) is 1.99. The van der Waals surface area contributed by atoms with Gasteiger partial charge in [-0.1, -0.05) is 0 Å². The van der Waals surface area contributed by atoms with Crippen molar-refractivity contribution in [1.82, 2.24) is 10.7 Å². The minimum Gasteiger partial charge on any atom is -0.316 e. The molecule has 2 aliphatic heterocycles. The number of hydrogen-bond acceptors (Lipinski definition) is 2. The molecule has 0 saturated carbocycles. The maximum Gasteiger partial charge on any atom is 0.0814 e. The van der Waals surface area contributed by atoms with Crippen molar-refractivity contribution in [3.8, 4) is 0 Å². The zero-order valence-corrected chi connectivity index (χ0v) is 5.25. The molecule has 0 amide bonds. The molecule has 1 radical (unpaired) electrons. The topological polar surface area (TPSA) is 38.5 Å². The summed E-state index contributed by atoms with van der Waals surface area (Å²) in [6, 6.07) is 0.506. The third-order valence-electron chi connectivity index (χ3n) is 1.96. The monoisotopic (exact) mass is 124 g/mol. The summed E-state index contributed by atoms with van der Waals surface area (Å²) in [6.07, 6.45) is 3.11. The van der Waals surface area contributed by atoms with Crippen LogP contribution in [0, 0.1) is 5.92 Å². The van der Waals surface area contributed by atoms with Gasteiger partial charge in [0.15, 0.2) is 0 Å². The summed E-state index contributed by atoms with van der Waals surface area (Å²) < 4.78 is 0. The van der Waals surface area contributed by atoms with Crippen LogP contribution >= 0.6 is 0 Å². The van der Waals surface area contributed by atoms with Crippen LogP contribution < -0.4 is 10.7 Å². The van der Waals surface area contributed by atoms with Gasteiger partial charge < -0.3 is 5.32 Å². The largest absolute Gasteiger partial charge is 0.316 e. The highest BCUT2D eigenvalue weighted by Gasteiger charge is 2.27. The predicted molar refractivity (Wildman–Crippen MR) is 35.4 cm³/mol. The standard InChI is InChI=1S/C6H10N3/c1-2-7-3-5-4-8-9-6(1)5/h4-7H,1-3H2. The summed E-state index contributed by atoms with van der Waals surface area (Å²) in [5.41, 5.74) is 4.09. The molecule has 9 heavy (non-hydrogen) atoms. The Balaban J connectivity index is 2.03. The normalized spacial score (nSPS) is 40.0. The second-order valence-electron chi connectivity index (χ2n) is 2.60. The lowest BCUT2D eigenvalue weighted by Gasteiger charge is -2.22. The average molecular weight is 124 g/mol. The van der Waals surface area contributed by atoms with Gasteiger partial charge in [-0.2, -0.15) is 10.5 Å². The molecular formula is C6H10N3. The van der Waals surface area contributed by atoms with Gasteiger partial charge in [0.1, 0.15) is 0 Å². The predicted octanol–water partition coefficient (Wildman–Crippen LogP) is -0.432. The van der Waals surface area contributed by atoms with Gasteiger partial charge in [0.05, 0.1) is 6.04 Å². The molecule has 0 aromatic carbocycles. The van der Waals surface area contributed by atoms with Gasteiger partial charge in [-0.15, -0.1) is 0 Å². The fourth-order valence-electron chi connectivity index (χ4n) is 1.37. The van der Waals surface area contributed by atoms with E-state index in [0.717, 1.165) is 19.5 Å². The minimum atomic E-state index is 0.506. The first kappa shape index (κ1) is 5.23. The summed E-state index contributed by atoms with van der Waals surface area (Å²) >= 11 is 0. The van der Waals surface area contributed by atoms with E-state index in [-0.39, 0.29) is 0 Å². The highest BCUT2D eigenvalue weighted by molar-refractivity contribution is 5.64. The molecule has 1 fully saturated rings. The molecule has 0 bridgehead atoms. The smallest absolute Gasteiger partial charge is 0.0814 e. The van der Waals surface area contributed by atoms with Gasteiger partial charge >= 0.3 is 0 Å². The highest BCUT2D eigenvalue weighted by Crippen LogP contribution is 2.14. The molecule has 0 aliphatic carbocycles. The Bertz CT molecular complexity index is 132. The van der Waals surface area contributed by atoms with E-state index in [2.05, 4.69) is 15.8 Å². The molecule has 3 nitrogen and oxygen atoms in total. The molecule has 0 spiro atoms. The van der Waals surface area contributed by atoms with Gasteiger partial charge in [-0.05, 0) is 13.0 Å². The zero-order chi connectivity index (χ0) is 6.10. The first-order valence-electron chi connectivity index (χ1n) is 3.41. The molecule has 49 valence electrons. The summed E-state index contributed by atoms with van der Waals surface area (Å²) in [5.74, 6) is 0.596. The molecule has 1 saturated heterocycles. The molecule has 0 aromatic heterocycles. The Labute approximate surface area is 54.5 Å². The first-order valence-corrected chi connectivity index (χ1v) is 3.41. The van der Waals surface area contributed by atoms with Crippen molar-refractivity contribution in [2.45, 2.75) is 12.5 Å². The molecule has 2 aliphatic rings. The van der Waals surface area contributed by atoms with Gasteiger partial charge in [0.25, 0.3) is 0 Å². The molecule has 2 heterocycles. The van der Waals surface area contributed by atoms with E-state index in [4.69, 9.17) is 0 Å². The lowest BCUT2D eigenvalue weighted by molar-refractivity contribution is 0.367. The Morgan fingerprint density at radius 3 is 3.44 bits per heavy atom. The number of fused-ring (bicyclic) bond motifs is 1. The highest BCUT2D eigenvalue weighted by atomic mass is 15.3. The number of piperidine rings is 1. The lowest BCUT2D eigenvalue weighted by Crippen LogP contribution is -2.40. The lowest BCUT2D eigenvalue weighted by atomic mass is 9.96. The van der Waals surface area contributed by atoms with Gasteiger partial charge in [0, 0.05) is 18.7 Å². The SMILES string of the molecule is C1=N[N]C2CCNCC12. The van der Waals surface area contributed by atoms with Crippen LogP contribution in [0.3, 0.4) is 0 Å². The molecular weight excluding hydrogens is 114 g/mol. The average Bonchev–Trinajstić information content (AvgIpc) is 2.33.